The molecule has 5 rings (SSSR count). The lowest BCUT2D eigenvalue weighted by Gasteiger charge is -2.32. The Morgan fingerprint density at radius 2 is 2.07 bits per heavy atom. The molecule has 1 saturated heterocycles. The average molecular weight is 592 g/mol. The normalized spacial score (nSPS) is 14.8. The Morgan fingerprint density at radius 1 is 1.20 bits per heavy atom. The van der Waals surface area contributed by atoms with E-state index >= 15 is 0 Å². The lowest BCUT2D eigenvalue weighted by Crippen LogP contribution is -2.42. The molecule has 10 heteroatoms. The Bertz CT molecular complexity index is 1470. The Balaban J connectivity index is 1.24. The highest BCUT2D eigenvalue weighted by atomic mass is 35.5. The number of benzene rings is 2. The predicted molar refractivity (Wildman–Crippen MR) is 166 cm³/mol. The summed E-state index contributed by atoms with van der Waals surface area (Å²) in [5, 5.41) is 7.63. The van der Waals surface area contributed by atoms with Gasteiger partial charge in [0.25, 0.3) is 0 Å². The van der Waals surface area contributed by atoms with E-state index in [2.05, 4.69) is 27.4 Å². The number of nitrogens with one attached hydrogen (secondary N) is 2. The highest BCUT2D eigenvalue weighted by Gasteiger charge is 2.18. The monoisotopic (exact) mass is 591 g/mol. The van der Waals surface area contributed by atoms with Crippen LogP contribution in [0.2, 0.25) is 5.02 Å². The second-order valence-corrected chi connectivity index (χ2v) is 11.3. The number of halogens is 1. The van der Waals surface area contributed by atoms with Crippen molar-refractivity contribution >= 4 is 55.6 Å². The molecule has 0 aliphatic carbocycles. The predicted octanol–water partition coefficient (Wildman–Crippen LogP) is 7.05. The van der Waals surface area contributed by atoms with Crippen LogP contribution in [0.3, 0.4) is 0 Å². The fraction of sp³-hybridized carbons (Fsp3) is 0.323. The Hall–Kier alpha value is -3.50. The topological polar surface area (TPSA) is 88.6 Å². The van der Waals surface area contributed by atoms with Crippen LogP contribution in [0.15, 0.2) is 72.9 Å². The summed E-state index contributed by atoms with van der Waals surface area (Å²) in [5.74, 6) is 0.504. The third-order valence-corrected chi connectivity index (χ3v) is 7.95. The summed E-state index contributed by atoms with van der Waals surface area (Å²) in [5.41, 5.74) is 3.09. The SMILES string of the molecule is CCCCC(/C=C/C(=O)Nc1ccc2nc(Nc3cc(Cl)ccc3OCc3ccccn3)sc2c1)N1CCOCC1. The lowest BCUT2D eigenvalue weighted by molar-refractivity contribution is -0.111. The summed E-state index contributed by atoms with van der Waals surface area (Å²) in [4.78, 5) is 24.2. The molecular formula is C31H34ClN5O3S. The molecule has 1 aliphatic rings. The number of hydrogen-bond acceptors (Lipinski definition) is 8. The number of fused-ring (bicyclic) bond motifs is 1. The van der Waals surface area contributed by atoms with Crippen molar-refractivity contribution in [1.29, 1.82) is 0 Å². The van der Waals surface area contributed by atoms with Gasteiger partial charge < -0.3 is 20.1 Å². The molecule has 214 valence electrons. The second kappa shape index (κ2) is 14.4. The van der Waals surface area contributed by atoms with Crippen LogP contribution in [0.5, 0.6) is 5.75 Å². The van der Waals surface area contributed by atoms with E-state index in [1.165, 1.54) is 11.3 Å². The average Bonchev–Trinajstić information content (AvgIpc) is 3.39. The number of rotatable bonds is 12. The molecule has 0 radical (unpaired) electrons. The third-order valence-electron chi connectivity index (χ3n) is 6.78. The van der Waals surface area contributed by atoms with Gasteiger partial charge >= 0.3 is 0 Å². The molecule has 0 spiro atoms. The van der Waals surface area contributed by atoms with Crippen LogP contribution in [0, 0.1) is 0 Å². The van der Waals surface area contributed by atoms with E-state index < -0.39 is 0 Å². The maximum atomic E-state index is 12.8. The number of hydrogen-bond donors (Lipinski definition) is 2. The number of carbonyl (C=O) groups is 1. The highest BCUT2D eigenvalue weighted by molar-refractivity contribution is 7.22. The number of aromatic nitrogens is 2. The fourth-order valence-electron chi connectivity index (χ4n) is 4.64. The first-order valence-electron chi connectivity index (χ1n) is 13.9. The van der Waals surface area contributed by atoms with E-state index in [-0.39, 0.29) is 11.9 Å². The molecule has 4 aromatic rings. The van der Waals surface area contributed by atoms with Crippen molar-refractivity contribution in [1.82, 2.24) is 14.9 Å². The molecule has 0 saturated carbocycles. The molecule has 0 bridgehead atoms. The molecule has 3 heterocycles. The van der Waals surface area contributed by atoms with Crippen molar-refractivity contribution in [3.63, 3.8) is 0 Å². The first-order valence-corrected chi connectivity index (χ1v) is 15.1. The van der Waals surface area contributed by atoms with E-state index in [9.17, 15) is 4.79 Å². The van der Waals surface area contributed by atoms with Gasteiger partial charge in [-0.15, -0.1) is 0 Å². The van der Waals surface area contributed by atoms with Gasteiger partial charge in [-0.3, -0.25) is 14.7 Å². The van der Waals surface area contributed by atoms with Crippen LogP contribution in [0.25, 0.3) is 10.2 Å². The highest BCUT2D eigenvalue weighted by Crippen LogP contribution is 2.35. The number of carbonyl (C=O) groups excluding carboxylic acids is 1. The zero-order valence-corrected chi connectivity index (χ0v) is 24.6. The molecule has 1 amide bonds. The number of amides is 1. The third kappa shape index (κ3) is 8.27. The molecule has 41 heavy (non-hydrogen) atoms. The van der Waals surface area contributed by atoms with Crippen LogP contribution in [0.4, 0.5) is 16.5 Å². The first-order chi connectivity index (χ1) is 20.1. The Kier molecular flexibility index (Phi) is 10.2. The number of anilines is 3. The lowest BCUT2D eigenvalue weighted by atomic mass is 10.1. The smallest absolute Gasteiger partial charge is 0.248 e. The molecule has 8 nitrogen and oxygen atoms in total. The quantitative estimate of drug-likeness (QED) is 0.171. The second-order valence-electron chi connectivity index (χ2n) is 9.78. The number of ether oxygens (including phenoxy) is 2. The van der Waals surface area contributed by atoms with Crippen LogP contribution in [-0.2, 0) is 16.1 Å². The molecule has 1 unspecified atom stereocenters. The number of pyridine rings is 1. The van der Waals surface area contributed by atoms with E-state index in [1.807, 2.05) is 54.6 Å². The van der Waals surface area contributed by atoms with Crippen molar-refractivity contribution in [3.05, 3.63) is 83.7 Å². The van der Waals surface area contributed by atoms with Gasteiger partial charge in [-0.1, -0.05) is 54.8 Å². The Morgan fingerprint density at radius 3 is 2.88 bits per heavy atom. The minimum absolute atomic E-state index is 0.143. The van der Waals surface area contributed by atoms with E-state index in [0.29, 0.717) is 28.2 Å². The van der Waals surface area contributed by atoms with E-state index in [4.69, 9.17) is 26.1 Å². The molecule has 1 fully saturated rings. The van der Waals surface area contributed by atoms with Crippen LogP contribution in [-0.4, -0.2) is 53.1 Å². The maximum Gasteiger partial charge on any atom is 0.248 e. The van der Waals surface area contributed by atoms with Crippen molar-refractivity contribution in [2.45, 2.75) is 38.8 Å². The van der Waals surface area contributed by atoms with Gasteiger partial charge in [0.15, 0.2) is 5.13 Å². The number of unbranched alkanes of at least 4 members (excludes halogenated alkanes) is 1. The largest absolute Gasteiger partial charge is 0.485 e. The summed E-state index contributed by atoms with van der Waals surface area (Å²) in [7, 11) is 0. The van der Waals surface area contributed by atoms with Gasteiger partial charge in [0.05, 0.1) is 34.8 Å². The van der Waals surface area contributed by atoms with Gasteiger partial charge in [-0.2, -0.15) is 0 Å². The van der Waals surface area contributed by atoms with Gasteiger partial charge in [-0.05, 0) is 55.0 Å². The summed E-state index contributed by atoms with van der Waals surface area (Å²) < 4.78 is 12.5. The van der Waals surface area contributed by atoms with Gasteiger partial charge in [0.2, 0.25) is 5.91 Å². The zero-order valence-electron chi connectivity index (χ0n) is 23.0. The van der Waals surface area contributed by atoms with Gasteiger partial charge in [0, 0.05) is 42.1 Å². The summed E-state index contributed by atoms with van der Waals surface area (Å²) in [6.45, 7) is 5.79. The van der Waals surface area contributed by atoms with E-state index in [1.54, 1.807) is 18.3 Å². The summed E-state index contributed by atoms with van der Waals surface area (Å²) in [6, 6.07) is 17.1. The van der Waals surface area contributed by atoms with Crippen LogP contribution < -0.4 is 15.4 Å². The zero-order chi connectivity index (χ0) is 28.4. The standard InChI is InChI=1S/C31H34ClN5O3S/c1-2-3-7-25(37-15-17-39-18-16-37)10-13-30(38)34-23-9-11-26-29(20-23)41-31(35-26)36-27-19-22(32)8-12-28(27)40-21-24-6-4-5-14-33-24/h4-6,8-14,19-20,25H,2-3,7,15-18,21H2,1H3,(H,34,38)(H,35,36)/b13-10+. The first kappa shape index (κ1) is 29.0. The number of nitrogens with zero attached hydrogens (tertiary/aromatic N) is 3. The molecule has 2 N–H and O–H groups in total. The molecule has 1 atom stereocenters. The van der Waals surface area contributed by atoms with Crippen molar-refractivity contribution in [2.75, 3.05) is 36.9 Å². The van der Waals surface area contributed by atoms with Crippen molar-refractivity contribution < 1.29 is 14.3 Å². The van der Waals surface area contributed by atoms with E-state index in [0.717, 1.165) is 67.2 Å². The maximum absolute atomic E-state index is 12.8. The minimum Gasteiger partial charge on any atom is -0.485 e. The van der Waals surface area contributed by atoms with Gasteiger partial charge in [0.1, 0.15) is 12.4 Å². The molecule has 2 aromatic heterocycles. The number of thiazole rings is 1. The van der Waals surface area contributed by atoms with Crippen molar-refractivity contribution in [2.24, 2.45) is 0 Å². The molecular weight excluding hydrogens is 558 g/mol. The fourth-order valence-corrected chi connectivity index (χ4v) is 5.73. The van der Waals surface area contributed by atoms with Crippen molar-refractivity contribution in [3.8, 4) is 5.75 Å². The number of morpholine rings is 1. The summed E-state index contributed by atoms with van der Waals surface area (Å²) in [6.07, 6.45) is 8.71. The molecule has 2 aromatic carbocycles. The molecule has 1 aliphatic heterocycles. The minimum atomic E-state index is -0.143. The van der Waals surface area contributed by atoms with Crippen LogP contribution >= 0.6 is 22.9 Å². The van der Waals surface area contributed by atoms with Crippen LogP contribution in [0.1, 0.15) is 31.9 Å². The van der Waals surface area contributed by atoms with Gasteiger partial charge in [-0.25, -0.2) is 4.98 Å². The summed E-state index contributed by atoms with van der Waals surface area (Å²) >= 11 is 7.77. The Labute approximate surface area is 249 Å².